The van der Waals surface area contributed by atoms with Gasteiger partial charge in [-0.15, -0.1) is 11.3 Å². The summed E-state index contributed by atoms with van der Waals surface area (Å²) in [6, 6.07) is 10.4. The molecular formula is C32H43FN4O5S2. The molecule has 0 bridgehead atoms. The molecule has 1 fully saturated rings. The molecule has 2 aromatic carbocycles. The molecule has 0 spiro atoms. The molecule has 3 aromatic rings. The molecule has 0 aliphatic carbocycles. The van der Waals surface area contributed by atoms with Gasteiger partial charge in [-0.25, -0.2) is 13.4 Å². The molecule has 240 valence electrons. The van der Waals surface area contributed by atoms with E-state index in [1.54, 1.807) is 18.1 Å². The number of hydrogen-bond acceptors (Lipinski definition) is 8. The number of nitrogens with one attached hydrogen (secondary N) is 2. The number of rotatable bonds is 13. The van der Waals surface area contributed by atoms with Gasteiger partial charge in [-0.2, -0.15) is 4.72 Å². The molecule has 0 unspecified atom stereocenters. The quantitative estimate of drug-likeness (QED) is 0.200. The number of ether oxygens (including phenoxy) is 2. The largest absolute Gasteiger partial charge is 0.383 e. The fourth-order valence-electron chi connectivity index (χ4n) is 6.10. The number of sulfonamides is 1. The number of methoxy groups -OCH3 is 1. The number of piperidine rings is 1. The minimum absolute atomic E-state index is 0.0494. The lowest BCUT2D eigenvalue weighted by atomic mass is 9.81. The van der Waals surface area contributed by atoms with E-state index in [-0.39, 0.29) is 42.0 Å². The Balaban J connectivity index is 1.45. The molecule has 1 aromatic heterocycles. The Bertz CT molecular complexity index is 1520. The highest BCUT2D eigenvalue weighted by Gasteiger charge is 2.35. The fraction of sp³-hybridized carbons (Fsp3) is 0.562. The van der Waals surface area contributed by atoms with Crippen LogP contribution in [0.3, 0.4) is 0 Å². The number of fused-ring (bicyclic) bond motifs is 2. The van der Waals surface area contributed by atoms with Gasteiger partial charge in [-0.1, -0.05) is 32.0 Å². The van der Waals surface area contributed by atoms with Gasteiger partial charge in [0.05, 0.1) is 34.2 Å². The van der Waals surface area contributed by atoms with Crippen molar-refractivity contribution in [2.75, 3.05) is 52.1 Å². The average molecular weight is 647 g/mol. The van der Waals surface area contributed by atoms with Crippen LogP contribution in [0.2, 0.25) is 0 Å². The van der Waals surface area contributed by atoms with Gasteiger partial charge in [0.2, 0.25) is 15.9 Å². The Morgan fingerprint density at radius 3 is 2.75 bits per heavy atom. The molecule has 3 heterocycles. The molecule has 0 radical (unpaired) electrons. The zero-order valence-electron chi connectivity index (χ0n) is 25.7. The predicted molar refractivity (Wildman–Crippen MR) is 171 cm³/mol. The number of benzene rings is 2. The first-order chi connectivity index (χ1) is 21.1. The fourth-order valence-corrected chi connectivity index (χ4v) is 8.58. The van der Waals surface area contributed by atoms with E-state index in [1.165, 1.54) is 11.3 Å². The van der Waals surface area contributed by atoms with Gasteiger partial charge in [-0.05, 0) is 72.8 Å². The minimum Gasteiger partial charge on any atom is -0.383 e. The number of anilines is 1. The molecule has 12 heteroatoms. The first-order valence-electron chi connectivity index (χ1n) is 15.3. The number of halogens is 1. The molecule has 9 nitrogen and oxygen atoms in total. The number of carbonyl (C=O) groups is 1. The van der Waals surface area contributed by atoms with E-state index in [1.807, 2.05) is 30.3 Å². The molecule has 1 atom stereocenters. The van der Waals surface area contributed by atoms with E-state index < -0.39 is 16.1 Å². The standard InChI is InChI=1S/C32H43FN4O5S2/c1-32(2)19-24-16-23(11-15-42-21-41-3)17-28(30(24)34-20-32)44(39,40)36-26(18-29-35-25-6-4-5-7-27(25)43-29)31(38)37-13-9-22(8-12-33)10-14-37/h4-7,16-17,22,26,34,36H,8-15,18-21H2,1-3H3/t26-/m0/s1. The maximum atomic E-state index is 14.3. The van der Waals surface area contributed by atoms with Gasteiger partial charge in [0, 0.05) is 33.2 Å². The Labute approximate surface area is 263 Å². The summed E-state index contributed by atoms with van der Waals surface area (Å²) in [6.45, 7) is 6.04. The number of carbonyl (C=O) groups excluding carboxylic acids is 1. The summed E-state index contributed by atoms with van der Waals surface area (Å²) < 4.78 is 55.7. The lowest BCUT2D eigenvalue weighted by molar-refractivity contribution is -0.134. The van der Waals surface area contributed by atoms with Crippen LogP contribution in [0.25, 0.3) is 10.2 Å². The molecule has 44 heavy (non-hydrogen) atoms. The van der Waals surface area contributed by atoms with Crippen LogP contribution >= 0.6 is 11.3 Å². The summed E-state index contributed by atoms with van der Waals surface area (Å²) in [4.78, 5) is 20.5. The molecule has 2 N–H and O–H groups in total. The highest BCUT2D eigenvalue weighted by Crippen LogP contribution is 2.37. The van der Waals surface area contributed by atoms with Crippen LogP contribution < -0.4 is 10.0 Å². The number of alkyl halides is 1. The van der Waals surface area contributed by atoms with Crippen molar-refractivity contribution in [1.82, 2.24) is 14.6 Å². The Morgan fingerprint density at radius 1 is 1.25 bits per heavy atom. The van der Waals surface area contributed by atoms with Gasteiger partial charge in [0.25, 0.3) is 0 Å². The third-order valence-corrected chi connectivity index (χ3v) is 11.0. The van der Waals surface area contributed by atoms with E-state index in [0.717, 1.165) is 21.3 Å². The van der Waals surface area contributed by atoms with E-state index in [4.69, 9.17) is 14.5 Å². The van der Waals surface area contributed by atoms with Crippen molar-refractivity contribution >= 4 is 43.2 Å². The van der Waals surface area contributed by atoms with E-state index in [0.29, 0.717) is 69.0 Å². The smallest absolute Gasteiger partial charge is 0.243 e. The highest BCUT2D eigenvalue weighted by molar-refractivity contribution is 7.89. The van der Waals surface area contributed by atoms with Crippen molar-refractivity contribution in [2.24, 2.45) is 11.3 Å². The number of hydrogen-bond donors (Lipinski definition) is 2. The Kier molecular flexibility index (Phi) is 10.6. The number of amides is 1. The van der Waals surface area contributed by atoms with Gasteiger partial charge in [0.1, 0.15) is 17.7 Å². The maximum Gasteiger partial charge on any atom is 0.243 e. The number of para-hydroxylation sites is 1. The summed E-state index contributed by atoms with van der Waals surface area (Å²) in [5.74, 6) is -0.0421. The van der Waals surface area contributed by atoms with Gasteiger partial charge in [-0.3, -0.25) is 9.18 Å². The maximum absolute atomic E-state index is 14.3. The zero-order chi connectivity index (χ0) is 31.3. The Morgan fingerprint density at radius 2 is 2.02 bits per heavy atom. The second-order valence-electron chi connectivity index (χ2n) is 12.6. The molecule has 0 saturated carbocycles. The average Bonchev–Trinajstić information content (AvgIpc) is 3.40. The third-order valence-electron chi connectivity index (χ3n) is 8.44. The molecule has 1 amide bonds. The first kappa shape index (κ1) is 32.7. The van der Waals surface area contributed by atoms with Crippen molar-refractivity contribution in [3.8, 4) is 0 Å². The summed E-state index contributed by atoms with van der Waals surface area (Å²) in [5, 5.41) is 4.06. The number of aromatic nitrogens is 1. The van der Waals surface area contributed by atoms with Crippen molar-refractivity contribution in [2.45, 2.75) is 63.3 Å². The summed E-state index contributed by atoms with van der Waals surface area (Å²) in [5.41, 5.74) is 3.11. The lowest BCUT2D eigenvalue weighted by Gasteiger charge is -2.35. The molecule has 2 aliphatic rings. The Hall–Kier alpha value is -2.64. The van der Waals surface area contributed by atoms with Crippen LogP contribution in [-0.4, -0.2) is 77.1 Å². The van der Waals surface area contributed by atoms with Crippen LogP contribution in [0.5, 0.6) is 0 Å². The number of likely N-dealkylation sites (tertiary alicyclic amines) is 1. The van der Waals surface area contributed by atoms with Crippen molar-refractivity contribution in [3.63, 3.8) is 0 Å². The van der Waals surface area contributed by atoms with Crippen LogP contribution in [0.4, 0.5) is 10.1 Å². The van der Waals surface area contributed by atoms with Crippen molar-refractivity contribution < 1.29 is 27.1 Å². The monoisotopic (exact) mass is 646 g/mol. The SMILES string of the molecule is COCOCCc1cc2c(c(S(=O)(=O)N[C@@H](Cc3nc4ccccc4s3)C(=O)N3CCC(CCF)CC3)c1)NCC(C)(C)C2. The van der Waals surface area contributed by atoms with Gasteiger partial charge >= 0.3 is 0 Å². The first-order valence-corrected chi connectivity index (χ1v) is 17.6. The van der Waals surface area contributed by atoms with Crippen LogP contribution in [0.1, 0.15) is 49.2 Å². The van der Waals surface area contributed by atoms with Crippen LogP contribution in [0.15, 0.2) is 41.3 Å². The predicted octanol–water partition coefficient (Wildman–Crippen LogP) is 4.94. The second-order valence-corrected chi connectivity index (χ2v) is 15.4. The number of nitrogens with zero attached hydrogens (tertiary/aromatic N) is 2. The second kappa shape index (κ2) is 14.2. The summed E-state index contributed by atoms with van der Waals surface area (Å²) in [6.07, 6.45) is 3.27. The summed E-state index contributed by atoms with van der Waals surface area (Å²) >= 11 is 1.46. The highest BCUT2D eigenvalue weighted by atomic mass is 32.2. The molecule has 5 rings (SSSR count). The molecule has 2 aliphatic heterocycles. The number of thiazole rings is 1. The van der Waals surface area contributed by atoms with Gasteiger partial charge in [0.15, 0.2) is 0 Å². The van der Waals surface area contributed by atoms with E-state index in [9.17, 15) is 17.6 Å². The topological polar surface area (TPSA) is 110 Å². The van der Waals surface area contributed by atoms with E-state index >= 15 is 0 Å². The molecule has 1 saturated heterocycles. The van der Waals surface area contributed by atoms with Crippen LogP contribution in [-0.2, 0) is 43.6 Å². The summed E-state index contributed by atoms with van der Waals surface area (Å²) in [7, 11) is -2.59. The van der Waals surface area contributed by atoms with Crippen molar-refractivity contribution in [1.29, 1.82) is 0 Å². The zero-order valence-corrected chi connectivity index (χ0v) is 27.4. The van der Waals surface area contributed by atoms with Gasteiger partial charge < -0.3 is 19.7 Å². The van der Waals surface area contributed by atoms with Crippen LogP contribution in [0, 0.1) is 11.3 Å². The molecular weight excluding hydrogens is 604 g/mol. The van der Waals surface area contributed by atoms with Crippen molar-refractivity contribution in [3.05, 3.63) is 52.5 Å². The third kappa shape index (κ3) is 7.95. The normalized spacial score (nSPS) is 17.8. The van der Waals surface area contributed by atoms with E-state index in [2.05, 4.69) is 23.9 Å². The minimum atomic E-state index is -4.15. The lowest BCUT2D eigenvalue weighted by Crippen LogP contribution is -2.51.